The van der Waals surface area contributed by atoms with Gasteiger partial charge < -0.3 is 9.88 Å². The Morgan fingerprint density at radius 3 is 2.64 bits per heavy atom. The lowest BCUT2D eigenvalue weighted by Crippen LogP contribution is -2.16. The predicted octanol–water partition coefficient (Wildman–Crippen LogP) is 3.60. The van der Waals surface area contributed by atoms with Crippen molar-refractivity contribution in [3.05, 3.63) is 65.5 Å². The van der Waals surface area contributed by atoms with Gasteiger partial charge in [0.1, 0.15) is 5.82 Å². The molecule has 0 fully saturated rings. The van der Waals surface area contributed by atoms with Crippen LogP contribution < -0.4 is 5.32 Å². The van der Waals surface area contributed by atoms with Crippen molar-refractivity contribution in [2.24, 2.45) is 7.05 Å². The molecule has 114 valence electrons. The van der Waals surface area contributed by atoms with Gasteiger partial charge in [-0.25, -0.2) is 4.98 Å². The van der Waals surface area contributed by atoms with Crippen molar-refractivity contribution in [2.45, 2.75) is 26.3 Å². The van der Waals surface area contributed by atoms with Crippen molar-refractivity contribution in [1.29, 1.82) is 0 Å². The largest absolute Gasteiger partial charge is 0.331 e. The second-order valence-electron chi connectivity index (χ2n) is 5.78. The molecule has 0 spiro atoms. The number of aromatic nitrogens is 2. The highest BCUT2D eigenvalue weighted by molar-refractivity contribution is 5.75. The zero-order valence-electron chi connectivity index (χ0n) is 13.3. The van der Waals surface area contributed by atoms with E-state index in [0.29, 0.717) is 0 Å². The van der Waals surface area contributed by atoms with Crippen molar-refractivity contribution in [3.8, 4) is 0 Å². The SMILES string of the molecule is Cc1ccccc1CNCCCc1nc2ccccc2n1C. The lowest BCUT2D eigenvalue weighted by molar-refractivity contribution is 0.630. The standard InChI is InChI=1S/C19H23N3/c1-15-8-3-4-9-16(15)14-20-13-7-12-19-21-17-10-5-6-11-18(17)22(19)2/h3-6,8-11,20H,7,12-14H2,1-2H3. The molecule has 0 saturated carbocycles. The number of fused-ring (bicyclic) bond motifs is 1. The highest BCUT2D eigenvalue weighted by Gasteiger charge is 2.06. The summed E-state index contributed by atoms with van der Waals surface area (Å²) in [6.45, 7) is 4.11. The molecule has 1 heterocycles. The minimum atomic E-state index is 0.940. The van der Waals surface area contributed by atoms with Crippen molar-refractivity contribution < 1.29 is 0 Å². The van der Waals surface area contributed by atoms with E-state index in [1.54, 1.807) is 0 Å². The number of rotatable bonds is 6. The Hall–Kier alpha value is -2.13. The van der Waals surface area contributed by atoms with Crippen LogP contribution in [0, 0.1) is 6.92 Å². The predicted molar refractivity (Wildman–Crippen MR) is 91.9 cm³/mol. The molecule has 0 radical (unpaired) electrons. The first-order chi connectivity index (χ1) is 10.8. The molecular weight excluding hydrogens is 270 g/mol. The van der Waals surface area contributed by atoms with Crippen LogP contribution >= 0.6 is 0 Å². The number of benzene rings is 2. The first kappa shape index (κ1) is 14.8. The molecule has 3 heteroatoms. The number of aryl methyl sites for hydroxylation is 3. The van der Waals surface area contributed by atoms with Crippen LogP contribution in [-0.4, -0.2) is 16.1 Å². The van der Waals surface area contributed by atoms with Gasteiger partial charge in [-0.2, -0.15) is 0 Å². The molecule has 2 aromatic carbocycles. The normalized spacial score (nSPS) is 11.2. The van der Waals surface area contributed by atoms with Gasteiger partial charge in [-0.15, -0.1) is 0 Å². The van der Waals surface area contributed by atoms with Gasteiger partial charge >= 0.3 is 0 Å². The van der Waals surface area contributed by atoms with Gasteiger partial charge in [0.2, 0.25) is 0 Å². The Morgan fingerprint density at radius 1 is 1.05 bits per heavy atom. The molecule has 1 aromatic heterocycles. The lowest BCUT2D eigenvalue weighted by atomic mass is 10.1. The molecule has 22 heavy (non-hydrogen) atoms. The maximum atomic E-state index is 4.72. The molecule has 0 aliphatic heterocycles. The Morgan fingerprint density at radius 2 is 1.82 bits per heavy atom. The van der Waals surface area contributed by atoms with E-state index in [0.717, 1.165) is 31.4 Å². The number of hydrogen-bond acceptors (Lipinski definition) is 2. The fraction of sp³-hybridized carbons (Fsp3) is 0.316. The number of nitrogens with one attached hydrogen (secondary N) is 1. The summed E-state index contributed by atoms with van der Waals surface area (Å²) in [5.74, 6) is 1.17. The van der Waals surface area contributed by atoms with Crippen LogP contribution in [0.1, 0.15) is 23.4 Å². The van der Waals surface area contributed by atoms with Crippen LogP contribution in [0.5, 0.6) is 0 Å². The van der Waals surface area contributed by atoms with E-state index in [2.05, 4.69) is 66.3 Å². The zero-order chi connectivity index (χ0) is 15.4. The topological polar surface area (TPSA) is 29.9 Å². The molecule has 3 aromatic rings. The summed E-state index contributed by atoms with van der Waals surface area (Å²) in [6.07, 6.45) is 2.11. The maximum absolute atomic E-state index is 4.72. The molecule has 3 nitrogen and oxygen atoms in total. The Kier molecular flexibility index (Phi) is 4.54. The van der Waals surface area contributed by atoms with Gasteiger partial charge in [0.25, 0.3) is 0 Å². The van der Waals surface area contributed by atoms with Gasteiger partial charge in [0.15, 0.2) is 0 Å². The Bertz CT molecular complexity index is 758. The molecule has 0 aliphatic carbocycles. The van der Waals surface area contributed by atoms with Gasteiger partial charge in [-0.05, 0) is 43.1 Å². The van der Waals surface area contributed by atoms with E-state index in [9.17, 15) is 0 Å². The van der Waals surface area contributed by atoms with Gasteiger partial charge in [0, 0.05) is 20.0 Å². The molecule has 0 unspecified atom stereocenters. The number of nitrogens with zero attached hydrogens (tertiary/aromatic N) is 2. The van der Waals surface area contributed by atoms with Crippen LogP contribution in [0.3, 0.4) is 0 Å². The minimum Gasteiger partial charge on any atom is -0.331 e. The average Bonchev–Trinajstić information content (AvgIpc) is 2.86. The molecule has 1 N–H and O–H groups in total. The number of para-hydroxylation sites is 2. The monoisotopic (exact) mass is 293 g/mol. The molecule has 0 atom stereocenters. The highest BCUT2D eigenvalue weighted by Crippen LogP contribution is 2.15. The average molecular weight is 293 g/mol. The van der Waals surface area contributed by atoms with Crippen molar-refractivity contribution in [3.63, 3.8) is 0 Å². The summed E-state index contributed by atoms with van der Waals surface area (Å²) < 4.78 is 2.21. The van der Waals surface area contributed by atoms with Gasteiger partial charge in [-0.1, -0.05) is 36.4 Å². The minimum absolute atomic E-state index is 0.940. The summed E-state index contributed by atoms with van der Waals surface area (Å²) >= 11 is 0. The second-order valence-corrected chi connectivity index (χ2v) is 5.78. The fourth-order valence-electron chi connectivity index (χ4n) is 2.82. The molecule has 0 aliphatic rings. The Labute approximate surface area is 132 Å². The third kappa shape index (κ3) is 3.20. The number of imidazole rings is 1. The van der Waals surface area contributed by atoms with E-state index < -0.39 is 0 Å². The van der Waals surface area contributed by atoms with E-state index in [1.807, 2.05) is 6.07 Å². The van der Waals surface area contributed by atoms with Gasteiger partial charge in [-0.3, -0.25) is 0 Å². The van der Waals surface area contributed by atoms with Gasteiger partial charge in [0.05, 0.1) is 11.0 Å². The van der Waals surface area contributed by atoms with Crippen molar-refractivity contribution >= 4 is 11.0 Å². The fourth-order valence-corrected chi connectivity index (χ4v) is 2.82. The third-order valence-electron chi connectivity index (χ3n) is 4.21. The van der Waals surface area contributed by atoms with E-state index in [4.69, 9.17) is 4.98 Å². The molecule has 0 bridgehead atoms. The molecule has 3 rings (SSSR count). The van der Waals surface area contributed by atoms with Crippen LogP contribution in [0.4, 0.5) is 0 Å². The molecule has 0 saturated heterocycles. The summed E-state index contributed by atoms with van der Waals surface area (Å²) in [6, 6.07) is 16.9. The number of hydrogen-bond donors (Lipinski definition) is 1. The smallest absolute Gasteiger partial charge is 0.109 e. The first-order valence-corrected chi connectivity index (χ1v) is 7.91. The van der Waals surface area contributed by atoms with E-state index in [-0.39, 0.29) is 0 Å². The Balaban J connectivity index is 1.50. The summed E-state index contributed by atoms with van der Waals surface area (Å²) in [5, 5.41) is 3.53. The first-order valence-electron chi connectivity index (χ1n) is 7.91. The van der Waals surface area contributed by atoms with Crippen LogP contribution in [0.25, 0.3) is 11.0 Å². The zero-order valence-corrected chi connectivity index (χ0v) is 13.3. The summed E-state index contributed by atoms with van der Waals surface area (Å²) in [4.78, 5) is 4.72. The molecule has 0 amide bonds. The second kappa shape index (κ2) is 6.75. The summed E-state index contributed by atoms with van der Waals surface area (Å²) in [7, 11) is 2.10. The summed E-state index contributed by atoms with van der Waals surface area (Å²) in [5.41, 5.74) is 5.04. The van der Waals surface area contributed by atoms with Crippen LogP contribution in [0.15, 0.2) is 48.5 Å². The lowest BCUT2D eigenvalue weighted by Gasteiger charge is -2.07. The molecular formula is C19H23N3. The van der Waals surface area contributed by atoms with Crippen molar-refractivity contribution in [1.82, 2.24) is 14.9 Å². The van der Waals surface area contributed by atoms with Crippen LogP contribution in [-0.2, 0) is 20.0 Å². The third-order valence-corrected chi connectivity index (χ3v) is 4.21. The van der Waals surface area contributed by atoms with Crippen LogP contribution in [0.2, 0.25) is 0 Å². The highest BCUT2D eigenvalue weighted by atomic mass is 15.1. The van der Waals surface area contributed by atoms with Crippen molar-refractivity contribution in [2.75, 3.05) is 6.54 Å². The van der Waals surface area contributed by atoms with E-state index >= 15 is 0 Å². The quantitative estimate of drug-likeness (QED) is 0.704. The van der Waals surface area contributed by atoms with E-state index in [1.165, 1.54) is 22.5 Å². The maximum Gasteiger partial charge on any atom is 0.109 e.